The van der Waals surface area contributed by atoms with Gasteiger partial charge in [-0.1, -0.05) is 28.1 Å². The van der Waals surface area contributed by atoms with Crippen LogP contribution in [0, 0.1) is 5.92 Å². The molecule has 19 heavy (non-hydrogen) atoms. The number of piperidine rings is 1. The fourth-order valence-corrected chi connectivity index (χ4v) is 3.05. The van der Waals surface area contributed by atoms with E-state index < -0.39 is 0 Å². The molecule has 1 saturated heterocycles. The Morgan fingerprint density at radius 3 is 3.05 bits per heavy atom. The van der Waals surface area contributed by atoms with E-state index in [1.54, 1.807) is 0 Å². The van der Waals surface area contributed by atoms with Gasteiger partial charge in [0.2, 0.25) is 5.91 Å². The molecule has 0 radical (unpaired) electrons. The molecular formula is C15H21BrN2O. The third-order valence-electron chi connectivity index (χ3n) is 3.80. The molecule has 1 aliphatic heterocycles. The predicted octanol–water partition coefficient (Wildman–Crippen LogP) is 2.58. The van der Waals surface area contributed by atoms with Crippen LogP contribution in [0.4, 0.5) is 0 Å². The fraction of sp³-hybridized carbons (Fsp3) is 0.533. The van der Waals surface area contributed by atoms with Crippen LogP contribution in [-0.2, 0) is 11.2 Å². The smallest absolute Gasteiger partial charge is 0.227 e. The lowest BCUT2D eigenvalue weighted by molar-refractivity contribution is -0.132. The summed E-state index contributed by atoms with van der Waals surface area (Å²) >= 11 is 3.44. The molecule has 0 aliphatic carbocycles. The molecule has 0 aromatic heterocycles. The summed E-state index contributed by atoms with van der Waals surface area (Å²) in [6.45, 7) is 3.72. The van der Waals surface area contributed by atoms with Crippen LogP contribution in [0.15, 0.2) is 28.7 Å². The Morgan fingerprint density at radius 2 is 2.37 bits per heavy atom. The van der Waals surface area contributed by atoms with Gasteiger partial charge >= 0.3 is 0 Å². The monoisotopic (exact) mass is 324 g/mol. The molecule has 3 nitrogen and oxygen atoms in total. The molecule has 1 heterocycles. The molecule has 104 valence electrons. The maximum absolute atomic E-state index is 12.3. The second-order valence-electron chi connectivity index (χ2n) is 5.41. The lowest BCUT2D eigenvalue weighted by Gasteiger charge is -2.34. The van der Waals surface area contributed by atoms with Gasteiger partial charge in [-0.05, 0) is 43.4 Å². The average molecular weight is 325 g/mol. The minimum absolute atomic E-state index is 0.168. The molecule has 0 saturated carbocycles. The Kier molecular flexibility index (Phi) is 4.99. The van der Waals surface area contributed by atoms with Gasteiger partial charge in [0.1, 0.15) is 0 Å². The predicted molar refractivity (Wildman–Crippen MR) is 80.8 cm³/mol. The average Bonchev–Trinajstić information content (AvgIpc) is 2.39. The highest BCUT2D eigenvalue weighted by Gasteiger charge is 2.25. The highest BCUT2D eigenvalue weighted by molar-refractivity contribution is 9.10. The van der Waals surface area contributed by atoms with E-state index in [9.17, 15) is 4.79 Å². The Labute approximate surface area is 123 Å². The zero-order valence-corrected chi connectivity index (χ0v) is 12.9. The molecule has 2 N–H and O–H groups in total. The Hall–Kier alpha value is -0.870. The van der Waals surface area contributed by atoms with E-state index >= 15 is 0 Å². The summed E-state index contributed by atoms with van der Waals surface area (Å²) in [5.74, 6) is 0.656. The highest BCUT2D eigenvalue weighted by Crippen LogP contribution is 2.20. The van der Waals surface area contributed by atoms with Crippen LogP contribution in [0.2, 0.25) is 0 Å². The van der Waals surface area contributed by atoms with Gasteiger partial charge in [0.25, 0.3) is 0 Å². The third kappa shape index (κ3) is 4.05. The van der Waals surface area contributed by atoms with Crippen molar-refractivity contribution in [3.05, 3.63) is 34.3 Å². The van der Waals surface area contributed by atoms with Crippen molar-refractivity contribution in [2.75, 3.05) is 13.1 Å². The topological polar surface area (TPSA) is 46.3 Å². The lowest BCUT2D eigenvalue weighted by Crippen LogP contribution is -2.45. The SMILES string of the molecule is C[C@H](N)[C@H]1CCCN(C(=O)Cc2cccc(Br)c2)C1. The Bertz CT molecular complexity index is 448. The zero-order chi connectivity index (χ0) is 13.8. The van der Waals surface area contributed by atoms with E-state index in [2.05, 4.69) is 15.9 Å². The van der Waals surface area contributed by atoms with E-state index in [0.717, 1.165) is 36.0 Å². The fourth-order valence-electron chi connectivity index (χ4n) is 2.60. The van der Waals surface area contributed by atoms with Gasteiger partial charge in [-0.2, -0.15) is 0 Å². The third-order valence-corrected chi connectivity index (χ3v) is 4.29. The van der Waals surface area contributed by atoms with E-state index in [1.807, 2.05) is 36.1 Å². The molecule has 0 unspecified atom stereocenters. The van der Waals surface area contributed by atoms with Gasteiger partial charge in [-0.15, -0.1) is 0 Å². The lowest BCUT2D eigenvalue weighted by atomic mass is 9.92. The molecule has 0 bridgehead atoms. The number of carbonyl (C=O) groups excluding carboxylic acids is 1. The van der Waals surface area contributed by atoms with Crippen LogP contribution in [0.1, 0.15) is 25.3 Å². The van der Waals surface area contributed by atoms with Crippen molar-refractivity contribution in [1.82, 2.24) is 4.90 Å². The number of rotatable bonds is 3. The number of amides is 1. The van der Waals surface area contributed by atoms with E-state index in [-0.39, 0.29) is 11.9 Å². The molecule has 4 heteroatoms. The van der Waals surface area contributed by atoms with Crippen molar-refractivity contribution in [2.24, 2.45) is 11.7 Å². The largest absolute Gasteiger partial charge is 0.342 e. The van der Waals surface area contributed by atoms with Gasteiger partial charge in [0, 0.05) is 23.6 Å². The van der Waals surface area contributed by atoms with Crippen molar-refractivity contribution in [2.45, 2.75) is 32.2 Å². The second kappa shape index (κ2) is 6.53. The molecule has 0 spiro atoms. The second-order valence-corrected chi connectivity index (χ2v) is 6.32. The summed E-state index contributed by atoms with van der Waals surface area (Å²) in [6.07, 6.45) is 2.68. The van der Waals surface area contributed by atoms with E-state index in [1.165, 1.54) is 0 Å². The van der Waals surface area contributed by atoms with Gasteiger partial charge in [-0.3, -0.25) is 4.79 Å². The summed E-state index contributed by atoms with van der Waals surface area (Å²) < 4.78 is 1.02. The summed E-state index contributed by atoms with van der Waals surface area (Å²) in [4.78, 5) is 14.3. The first kappa shape index (κ1) is 14.5. The summed E-state index contributed by atoms with van der Waals surface area (Å²) in [6, 6.07) is 8.11. The molecular weight excluding hydrogens is 304 g/mol. The number of nitrogens with zero attached hydrogens (tertiary/aromatic N) is 1. The summed E-state index contributed by atoms with van der Waals surface area (Å²) in [7, 11) is 0. The van der Waals surface area contributed by atoms with Gasteiger partial charge < -0.3 is 10.6 Å². The number of carbonyl (C=O) groups is 1. The molecule has 1 fully saturated rings. The Morgan fingerprint density at radius 1 is 1.58 bits per heavy atom. The van der Waals surface area contributed by atoms with Gasteiger partial charge in [0.05, 0.1) is 6.42 Å². The van der Waals surface area contributed by atoms with Crippen LogP contribution in [0.3, 0.4) is 0 Å². The maximum atomic E-state index is 12.3. The molecule has 2 rings (SSSR count). The first-order valence-electron chi connectivity index (χ1n) is 6.84. The Balaban J connectivity index is 1.96. The van der Waals surface area contributed by atoms with Crippen molar-refractivity contribution in [3.63, 3.8) is 0 Å². The quantitative estimate of drug-likeness (QED) is 0.928. The number of likely N-dealkylation sites (tertiary alicyclic amines) is 1. The van der Waals surface area contributed by atoms with Gasteiger partial charge in [0.15, 0.2) is 0 Å². The molecule has 1 aromatic rings. The van der Waals surface area contributed by atoms with Crippen molar-refractivity contribution >= 4 is 21.8 Å². The van der Waals surface area contributed by atoms with Crippen LogP contribution >= 0.6 is 15.9 Å². The standard InChI is InChI=1S/C15H21BrN2O/c1-11(17)13-5-3-7-18(10-13)15(19)9-12-4-2-6-14(16)8-12/h2,4,6,8,11,13H,3,5,7,9-10,17H2,1H3/t11-,13-/m0/s1. The summed E-state index contributed by atoms with van der Waals surface area (Å²) in [5.41, 5.74) is 7.02. The first-order valence-corrected chi connectivity index (χ1v) is 7.63. The van der Waals surface area contributed by atoms with E-state index in [0.29, 0.717) is 12.3 Å². The number of hydrogen-bond acceptors (Lipinski definition) is 2. The number of halogens is 1. The molecule has 1 amide bonds. The number of nitrogens with two attached hydrogens (primary N) is 1. The van der Waals surface area contributed by atoms with E-state index in [4.69, 9.17) is 5.73 Å². The van der Waals surface area contributed by atoms with Crippen LogP contribution in [-0.4, -0.2) is 29.9 Å². The zero-order valence-electron chi connectivity index (χ0n) is 11.3. The minimum Gasteiger partial charge on any atom is -0.342 e. The van der Waals surface area contributed by atoms with Crippen LogP contribution in [0.25, 0.3) is 0 Å². The van der Waals surface area contributed by atoms with Crippen molar-refractivity contribution < 1.29 is 4.79 Å². The number of hydrogen-bond donors (Lipinski definition) is 1. The highest BCUT2D eigenvalue weighted by atomic mass is 79.9. The molecule has 2 atom stereocenters. The number of benzene rings is 1. The normalized spacial score (nSPS) is 21.2. The molecule has 1 aliphatic rings. The maximum Gasteiger partial charge on any atom is 0.227 e. The van der Waals surface area contributed by atoms with Crippen LogP contribution in [0.5, 0.6) is 0 Å². The minimum atomic E-state index is 0.168. The van der Waals surface area contributed by atoms with Crippen molar-refractivity contribution in [1.29, 1.82) is 0 Å². The van der Waals surface area contributed by atoms with Gasteiger partial charge in [-0.25, -0.2) is 0 Å². The summed E-state index contributed by atoms with van der Waals surface area (Å²) in [5, 5.41) is 0. The molecule has 1 aromatic carbocycles. The first-order chi connectivity index (χ1) is 9.06. The van der Waals surface area contributed by atoms with Crippen molar-refractivity contribution in [3.8, 4) is 0 Å². The van der Waals surface area contributed by atoms with Crippen LogP contribution < -0.4 is 5.73 Å².